The van der Waals surface area contributed by atoms with Gasteiger partial charge in [-0.2, -0.15) is 0 Å². The lowest BCUT2D eigenvalue weighted by atomic mass is 9.46. The molecule has 1 unspecified atom stereocenters. The molecule has 0 amide bonds. The summed E-state index contributed by atoms with van der Waals surface area (Å²) in [6.45, 7) is 2.60. The predicted molar refractivity (Wildman–Crippen MR) is 88.7 cm³/mol. The van der Waals surface area contributed by atoms with E-state index in [2.05, 4.69) is 18.9 Å². The predicted octanol–water partition coefficient (Wildman–Crippen LogP) is 5.73. The second kappa shape index (κ2) is 4.91. The Labute approximate surface area is 130 Å². The van der Waals surface area contributed by atoms with Crippen molar-refractivity contribution in [2.75, 3.05) is 0 Å². The van der Waals surface area contributed by atoms with Gasteiger partial charge in [-0.05, 0) is 81.0 Å². The van der Waals surface area contributed by atoms with Crippen LogP contribution in [0.5, 0.6) is 0 Å². The van der Waals surface area contributed by atoms with Gasteiger partial charge in [-0.15, -0.1) is 12.3 Å². The van der Waals surface area contributed by atoms with Crippen LogP contribution in [0.4, 0.5) is 0 Å². The van der Waals surface area contributed by atoms with E-state index in [9.17, 15) is 0 Å². The summed E-state index contributed by atoms with van der Waals surface area (Å²) in [6, 6.07) is 0. The molecule has 5 atom stereocenters. The van der Waals surface area contributed by atoms with E-state index in [0.29, 0.717) is 10.8 Å². The van der Waals surface area contributed by atoms with Crippen molar-refractivity contribution in [2.45, 2.75) is 77.6 Å². The maximum absolute atomic E-state index is 5.84. The summed E-state index contributed by atoms with van der Waals surface area (Å²) in [5, 5.41) is 0. The standard InChI is InChI=1S/C21H30/c1-3-12-21-14-5-4-7-16(21)9-10-17-18-8-6-13-20(18,2)15-11-19(17)21/h1,7,17-19H,4-6,8-15H2,2H3/t17-,18-,19-,20-,21?/m0/s1. The number of hydrogen-bond acceptors (Lipinski definition) is 0. The van der Waals surface area contributed by atoms with Crippen molar-refractivity contribution in [3.8, 4) is 12.3 Å². The summed E-state index contributed by atoms with van der Waals surface area (Å²) in [5.41, 5.74) is 2.86. The summed E-state index contributed by atoms with van der Waals surface area (Å²) in [5.74, 6) is 5.99. The SMILES string of the molecule is C#CCC12CCCC=C1CC[C@@H]1[C@@H]2CC[C@]2(C)CCC[C@@H]12. The smallest absolute Gasteiger partial charge is 0.0183 e. The zero-order chi connectivity index (χ0) is 14.5. The highest BCUT2D eigenvalue weighted by Crippen LogP contribution is 2.66. The van der Waals surface area contributed by atoms with Gasteiger partial charge in [-0.3, -0.25) is 0 Å². The molecule has 0 aromatic carbocycles. The molecule has 114 valence electrons. The molecule has 0 heteroatoms. The minimum atomic E-state index is 0.417. The highest BCUT2D eigenvalue weighted by molar-refractivity contribution is 5.26. The molecule has 4 rings (SSSR count). The van der Waals surface area contributed by atoms with Crippen molar-refractivity contribution in [3.63, 3.8) is 0 Å². The molecular formula is C21H30. The third-order valence-corrected chi connectivity index (χ3v) is 7.95. The minimum Gasteiger partial charge on any atom is -0.120 e. The summed E-state index contributed by atoms with van der Waals surface area (Å²) in [4.78, 5) is 0. The van der Waals surface area contributed by atoms with Crippen LogP contribution in [0.2, 0.25) is 0 Å². The molecular weight excluding hydrogens is 252 g/mol. The number of fused-ring (bicyclic) bond motifs is 5. The fourth-order valence-electron chi connectivity index (χ4n) is 7.04. The van der Waals surface area contributed by atoms with E-state index in [4.69, 9.17) is 6.42 Å². The molecule has 0 aromatic rings. The van der Waals surface area contributed by atoms with Crippen molar-refractivity contribution in [2.24, 2.45) is 28.6 Å². The molecule has 21 heavy (non-hydrogen) atoms. The van der Waals surface area contributed by atoms with Crippen molar-refractivity contribution in [1.29, 1.82) is 0 Å². The second-order valence-corrected chi connectivity index (χ2v) is 8.66. The average Bonchev–Trinajstić information content (AvgIpc) is 2.89. The first-order valence-corrected chi connectivity index (χ1v) is 9.33. The number of allylic oxidation sites excluding steroid dienone is 2. The van der Waals surface area contributed by atoms with Crippen molar-refractivity contribution in [1.82, 2.24) is 0 Å². The largest absolute Gasteiger partial charge is 0.120 e. The van der Waals surface area contributed by atoms with Crippen molar-refractivity contribution in [3.05, 3.63) is 11.6 Å². The number of hydrogen-bond donors (Lipinski definition) is 0. The van der Waals surface area contributed by atoms with E-state index in [-0.39, 0.29) is 0 Å². The van der Waals surface area contributed by atoms with Crippen LogP contribution < -0.4 is 0 Å². The normalized spacial score (nSPS) is 48.6. The Balaban J connectivity index is 1.72. The molecule has 0 spiro atoms. The van der Waals surface area contributed by atoms with Gasteiger partial charge in [0.1, 0.15) is 0 Å². The van der Waals surface area contributed by atoms with E-state index >= 15 is 0 Å². The van der Waals surface area contributed by atoms with Crippen LogP contribution in [-0.2, 0) is 0 Å². The van der Waals surface area contributed by atoms with Crippen LogP contribution in [0.3, 0.4) is 0 Å². The Hall–Kier alpha value is -0.700. The average molecular weight is 282 g/mol. The van der Waals surface area contributed by atoms with Crippen LogP contribution in [0.15, 0.2) is 11.6 Å². The zero-order valence-corrected chi connectivity index (χ0v) is 13.7. The Morgan fingerprint density at radius 2 is 2.05 bits per heavy atom. The first kappa shape index (κ1) is 13.9. The molecule has 0 radical (unpaired) electrons. The van der Waals surface area contributed by atoms with Crippen LogP contribution in [-0.4, -0.2) is 0 Å². The third-order valence-electron chi connectivity index (χ3n) is 7.95. The molecule has 0 aromatic heterocycles. The van der Waals surface area contributed by atoms with Crippen LogP contribution in [0, 0.1) is 40.9 Å². The van der Waals surface area contributed by atoms with Gasteiger partial charge < -0.3 is 0 Å². The number of rotatable bonds is 1. The van der Waals surface area contributed by atoms with Gasteiger partial charge in [-0.25, -0.2) is 0 Å². The van der Waals surface area contributed by atoms with Gasteiger partial charge >= 0.3 is 0 Å². The van der Waals surface area contributed by atoms with Crippen LogP contribution in [0.25, 0.3) is 0 Å². The molecule has 3 fully saturated rings. The third kappa shape index (κ3) is 1.89. The van der Waals surface area contributed by atoms with Crippen molar-refractivity contribution < 1.29 is 0 Å². The van der Waals surface area contributed by atoms with Crippen LogP contribution >= 0.6 is 0 Å². The topological polar surface area (TPSA) is 0 Å². The lowest BCUT2D eigenvalue weighted by molar-refractivity contribution is -0.0414. The molecule has 3 saturated carbocycles. The Morgan fingerprint density at radius 3 is 2.90 bits per heavy atom. The maximum atomic E-state index is 5.84. The first-order chi connectivity index (χ1) is 10.2. The van der Waals surface area contributed by atoms with Gasteiger partial charge in [0.05, 0.1) is 0 Å². The van der Waals surface area contributed by atoms with E-state index < -0.39 is 0 Å². The fraction of sp³-hybridized carbons (Fsp3) is 0.810. The van der Waals surface area contributed by atoms with E-state index in [1.807, 2.05) is 0 Å². The summed E-state index contributed by atoms with van der Waals surface area (Å²) >= 11 is 0. The second-order valence-electron chi connectivity index (χ2n) is 8.66. The molecule has 0 bridgehead atoms. The van der Waals surface area contributed by atoms with Gasteiger partial charge in [0.25, 0.3) is 0 Å². The van der Waals surface area contributed by atoms with Gasteiger partial charge in [0.15, 0.2) is 0 Å². The quantitative estimate of drug-likeness (QED) is 0.425. The maximum Gasteiger partial charge on any atom is 0.0183 e. The molecule has 0 saturated heterocycles. The lowest BCUT2D eigenvalue weighted by Crippen LogP contribution is -2.49. The Bertz CT molecular complexity index is 493. The van der Waals surface area contributed by atoms with Crippen LogP contribution in [0.1, 0.15) is 77.6 Å². The molecule has 0 heterocycles. The summed E-state index contributed by atoms with van der Waals surface area (Å²) in [7, 11) is 0. The van der Waals surface area contributed by atoms with Gasteiger partial charge in [-0.1, -0.05) is 25.0 Å². The Morgan fingerprint density at radius 1 is 1.14 bits per heavy atom. The highest BCUT2D eigenvalue weighted by atomic mass is 14.6. The monoisotopic (exact) mass is 282 g/mol. The lowest BCUT2D eigenvalue weighted by Gasteiger charge is -2.58. The van der Waals surface area contributed by atoms with E-state index in [0.717, 1.165) is 24.2 Å². The highest BCUT2D eigenvalue weighted by Gasteiger charge is 2.56. The summed E-state index contributed by atoms with van der Waals surface area (Å²) < 4.78 is 0. The minimum absolute atomic E-state index is 0.417. The molecule has 0 N–H and O–H groups in total. The van der Waals surface area contributed by atoms with E-state index in [1.54, 1.807) is 5.57 Å². The molecule has 4 aliphatic rings. The zero-order valence-electron chi connectivity index (χ0n) is 13.7. The molecule has 0 nitrogen and oxygen atoms in total. The number of terminal acetylenes is 1. The van der Waals surface area contributed by atoms with Gasteiger partial charge in [0.2, 0.25) is 0 Å². The summed E-state index contributed by atoms with van der Waals surface area (Å²) in [6.07, 6.45) is 23.7. The Kier molecular flexibility index (Phi) is 3.25. The van der Waals surface area contributed by atoms with Crippen molar-refractivity contribution >= 4 is 0 Å². The van der Waals surface area contributed by atoms with E-state index in [1.165, 1.54) is 64.2 Å². The molecule has 0 aliphatic heterocycles. The first-order valence-electron chi connectivity index (χ1n) is 9.33. The molecule has 4 aliphatic carbocycles. The fourth-order valence-corrected chi connectivity index (χ4v) is 7.04. The van der Waals surface area contributed by atoms with Gasteiger partial charge in [0, 0.05) is 11.8 Å².